The molecule has 0 radical (unpaired) electrons. The van der Waals surface area contributed by atoms with Gasteiger partial charge in [0.1, 0.15) is 5.82 Å². The van der Waals surface area contributed by atoms with E-state index in [1.807, 2.05) is 6.92 Å². The Hall–Kier alpha value is -1.69. The summed E-state index contributed by atoms with van der Waals surface area (Å²) in [6, 6.07) is 3.40. The van der Waals surface area contributed by atoms with Crippen LogP contribution in [0.1, 0.15) is 23.8 Å². The quantitative estimate of drug-likeness (QED) is 0.762. The van der Waals surface area contributed by atoms with Gasteiger partial charge in [0, 0.05) is 26.8 Å². The third kappa shape index (κ3) is 4.36. The average Bonchev–Trinajstić information content (AvgIpc) is 2.36. The Morgan fingerprint density at radius 3 is 2.76 bits per heavy atom. The van der Waals surface area contributed by atoms with E-state index in [2.05, 4.69) is 20.8 Å². The number of methoxy groups -OCH3 is 1. The highest BCUT2D eigenvalue weighted by Gasteiger charge is 2.11. The molecule has 1 atom stereocenters. The Balaban J connectivity index is 2.51. The summed E-state index contributed by atoms with van der Waals surface area (Å²) in [5, 5.41) is 13.3. The lowest BCUT2D eigenvalue weighted by atomic mass is 10.2. The van der Waals surface area contributed by atoms with Gasteiger partial charge in [0.2, 0.25) is 0 Å². The zero-order chi connectivity index (χ0) is 12.7. The summed E-state index contributed by atoms with van der Waals surface area (Å²) in [5.74, 6) is 0.415. The topological polar surface area (TPSA) is 76.1 Å². The van der Waals surface area contributed by atoms with Crippen LogP contribution in [0, 0.1) is 0 Å². The molecule has 0 aliphatic heterocycles. The molecule has 2 N–H and O–H groups in total. The number of aromatic nitrogens is 2. The molecule has 1 heterocycles. The smallest absolute Gasteiger partial charge is 0.272 e. The second kappa shape index (κ2) is 6.80. The maximum absolute atomic E-state index is 11.7. The second-order valence-electron chi connectivity index (χ2n) is 3.71. The van der Waals surface area contributed by atoms with E-state index in [9.17, 15) is 4.79 Å². The van der Waals surface area contributed by atoms with Crippen molar-refractivity contribution in [1.29, 1.82) is 0 Å². The molecule has 0 aliphatic carbocycles. The minimum Gasteiger partial charge on any atom is -0.385 e. The summed E-state index contributed by atoms with van der Waals surface area (Å²) >= 11 is 0. The maximum Gasteiger partial charge on any atom is 0.272 e. The zero-order valence-electron chi connectivity index (χ0n) is 10.4. The number of nitrogens with zero attached hydrogens (tertiary/aromatic N) is 2. The molecule has 0 fully saturated rings. The van der Waals surface area contributed by atoms with Crippen molar-refractivity contribution in [3.8, 4) is 0 Å². The third-order valence-electron chi connectivity index (χ3n) is 2.29. The van der Waals surface area contributed by atoms with Crippen molar-refractivity contribution in [1.82, 2.24) is 15.5 Å². The van der Waals surface area contributed by atoms with Crippen LogP contribution in [-0.4, -0.2) is 42.9 Å². The van der Waals surface area contributed by atoms with Crippen molar-refractivity contribution in [2.75, 3.05) is 26.1 Å². The van der Waals surface area contributed by atoms with Crippen LogP contribution < -0.4 is 10.6 Å². The first kappa shape index (κ1) is 13.4. The number of anilines is 1. The molecule has 0 aromatic carbocycles. The van der Waals surface area contributed by atoms with E-state index < -0.39 is 0 Å². The van der Waals surface area contributed by atoms with Gasteiger partial charge in [-0.1, -0.05) is 0 Å². The van der Waals surface area contributed by atoms with E-state index in [1.165, 1.54) is 0 Å². The standard InChI is InChI=1S/C11H18N4O2/c1-8(6-7-17-3)13-11(16)9-4-5-10(12-2)15-14-9/h4-5,8H,6-7H2,1-3H3,(H,12,15)(H,13,16). The average molecular weight is 238 g/mol. The Morgan fingerprint density at radius 2 is 2.24 bits per heavy atom. The van der Waals surface area contributed by atoms with Gasteiger partial charge in [-0.25, -0.2) is 0 Å². The van der Waals surface area contributed by atoms with Gasteiger partial charge in [-0.2, -0.15) is 0 Å². The minimum absolute atomic E-state index is 0.0493. The number of hydrogen-bond donors (Lipinski definition) is 2. The molecule has 17 heavy (non-hydrogen) atoms. The largest absolute Gasteiger partial charge is 0.385 e. The highest BCUT2D eigenvalue weighted by Crippen LogP contribution is 2.01. The number of amides is 1. The molecule has 1 rings (SSSR count). The summed E-state index contributed by atoms with van der Waals surface area (Å²) in [7, 11) is 3.38. The number of nitrogens with one attached hydrogen (secondary N) is 2. The van der Waals surface area contributed by atoms with Gasteiger partial charge in [-0.3, -0.25) is 4.79 Å². The first-order valence-electron chi connectivity index (χ1n) is 5.48. The van der Waals surface area contributed by atoms with E-state index in [1.54, 1.807) is 26.3 Å². The van der Waals surface area contributed by atoms with Gasteiger partial charge >= 0.3 is 0 Å². The molecule has 1 aromatic heterocycles. The van der Waals surface area contributed by atoms with Crippen LogP contribution in [-0.2, 0) is 4.74 Å². The van der Waals surface area contributed by atoms with Crippen LogP contribution >= 0.6 is 0 Å². The lowest BCUT2D eigenvalue weighted by Gasteiger charge is -2.12. The van der Waals surface area contributed by atoms with Crippen molar-refractivity contribution < 1.29 is 9.53 Å². The van der Waals surface area contributed by atoms with E-state index in [4.69, 9.17) is 4.74 Å². The predicted octanol–water partition coefficient (Wildman–Crippen LogP) is 0.673. The Kier molecular flexibility index (Phi) is 5.35. The lowest BCUT2D eigenvalue weighted by Crippen LogP contribution is -2.34. The summed E-state index contributed by atoms with van der Waals surface area (Å²) in [5.41, 5.74) is 0.313. The molecule has 0 aliphatic rings. The van der Waals surface area contributed by atoms with Crippen LogP contribution in [0.15, 0.2) is 12.1 Å². The van der Waals surface area contributed by atoms with Crippen LogP contribution in [0.4, 0.5) is 5.82 Å². The maximum atomic E-state index is 11.7. The SMILES string of the molecule is CNc1ccc(C(=O)NC(C)CCOC)nn1. The van der Waals surface area contributed by atoms with Gasteiger partial charge in [0.25, 0.3) is 5.91 Å². The summed E-state index contributed by atoms with van der Waals surface area (Å²) in [4.78, 5) is 11.7. The van der Waals surface area contributed by atoms with Crippen LogP contribution in [0.3, 0.4) is 0 Å². The van der Waals surface area contributed by atoms with Gasteiger partial charge in [0.15, 0.2) is 5.69 Å². The Bertz CT molecular complexity index is 353. The van der Waals surface area contributed by atoms with Crippen molar-refractivity contribution in [2.24, 2.45) is 0 Å². The third-order valence-corrected chi connectivity index (χ3v) is 2.29. The molecule has 6 nitrogen and oxygen atoms in total. The molecule has 0 spiro atoms. The summed E-state index contributed by atoms with van der Waals surface area (Å²) < 4.78 is 4.94. The van der Waals surface area contributed by atoms with Crippen LogP contribution in [0.25, 0.3) is 0 Å². The Labute approximate surface area is 101 Å². The van der Waals surface area contributed by atoms with Gasteiger partial charge in [0.05, 0.1) is 0 Å². The van der Waals surface area contributed by atoms with Gasteiger partial charge in [-0.15, -0.1) is 10.2 Å². The number of carbonyl (C=O) groups is 1. The number of carbonyl (C=O) groups excluding carboxylic acids is 1. The minimum atomic E-state index is -0.219. The molecule has 1 unspecified atom stereocenters. The summed E-state index contributed by atoms with van der Waals surface area (Å²) in [6.07, 6.45) is 0.768. The first-order valence-corrected chi connectivity index (χ1v) is 5.48. The molecular formula is C11H18N4O2. The summed E-state index contributed by atoms with van der Waals surface area (Å²) in [6.45, 7) is 2.54. The highest BCUT2D eigenvalue weighted by molar-refractivity contribution is 5.92. The van der Waals surface area contributed by atoms with Crippen molar-refractivity contribution in [3.63, 3.8) is 0 Å². The first-order chi connectivity index (χ1) is 8.17. The number of hydrogen-bond acceptors (Lipinski definition) is 5. The number of rotatable bonds is 6. The fourth-order valence-corrected chi connectivity index (χ4v) is 1.25. The van der Waals surface area contributed by atoms with E-state index >= 15 is 0 Å². The van der Waals surface area contributed by atoms with Crippen molar-refractivity contribution in [3.05, 3.63) is 17.8 Å². The predicted molar refractivity (Wildman–Crippen MR) is 65.0 cm³/mol. The molecule has 6 heteroatoms. The fourth-order valence-electron chi connectivity index (χ4n) is 1.25. The normalized spacial score (nSPS) is 11.9. The van der Waals surface area contributed by atoms with Gasteiger partial charge in [-0.05, 0) is 25.5 Å². The van der Waals surface area contributed by atoms with Crippen LogP contribution in [0.5, 0.6) is 0 Å². The van der Waals surface area contributed by atoms with Crippen LogP contribution in [0.2, 0.25) is 0 Å². The molecule has 94 valence electrons. The zero-order valence-corrected chi connectivity index (χ0v) is 10.4. The number of ether oxygens (including phenoxy) is 1. The van der Waals surface area contributed by atoms with Gasteiger partial charge < -0.3 is 15.4 Å². The molecule has 1 amide bonds. The van der Waals surface area contributed by atoms with Crippen molar-refractivity contribution >= 4 is 11.7 Å². The molecule has 0 bridgehead atoms. The highest BCUT2D eigenvalue weighted by atomic mass is 16.5. The fraction of sp³-hybridized carbons (Fsp3) is 0.545. The van der Waals surface area contributed by atoms with E-state index in [0.29, 0.717) is 18.1 Å². The molecule has 1 aromatic rings. The van der Waals surface area contributed by atoms with Crippen molar-refractivity contribution in [2.45, 2.75) is 19.4 Å². The Morgan fingerprint density at radius 1 is 1.47 bits per heavy atom. The van der Waals surface area contributed by atoms with E-state index in [-0.39, 0.29) is 11.9 Å². The second-order valence-corrected chi connectivity index (χ2v) is 3.71. The molecule has 0 saturated heterocycles. The van der Waals surface area contributed by atoms with E-state index in [0.717, 1.165) is 6.42 Å². The lowest BCUT2D eigenvalue weighted by molar-refractivity contribution is 0.0923. The molecule has 0 saturated carbocycles. The molecular weight excluding hydrogens is 220 g/mol. The monoisotopic (exact) mass is 238 g/mol.